The molecule has 0 aliphatic carbocycles. The molecule has 0 atom stereocenters. The van der Waals surface area contributed by atoms with Crippen molar-refractivity contribution in [3.05, 3.63) is 63.7 Å². The SMILES string of the molecule is COOI(OS(=O)(=O)c1ccc(C)cc1)c1ccccc1. The van der Waals surface area contributed by atoms with Crippen molar-refractivity contribution in [2.45, 2.75) is 11.8 Å². The first-order chi connectivity index (χ1) is 10.0. The molecule has 0 aromatic heterocycles. The van der Waals surface area contributed by atoms with Gasteiger partial charge in [0.2, 0.25) is 0 Å². The molecule has 0 amide bonds. The summed E-state index contributed by atoms with van der Waals surface area (Å²) in [5, 5.41) is 0. The summed E-state index contributed by atoms with van der Waals surface area (Å²) in [7, 11) is -2.55. The molecule has 0 unspecified atom stereocenters. The van der Waals surface area contributed by atoms with Crippen molar-refractivity contribution >= 4 is 30.8 Å². The normalized spacial score (nSPS) is 12.2. The minimum absolute atomic E-state index is 0.103. The van der Waals surface area contributed by atoms with Gasteiger partial charge in [0, 0.05) is 0 Å². The second-order valence-corrected chi connectivity index (χ2v) is 9.50. The quantitative estimate of drug-likeness (QED) is 0.405. The van der Waals surface area contributed by atoms with Crippen molar-refractivity contribution in [3.63, 3.8) is 0 Å². The van der Waals surface area contributed by atoms with Crippen LogP contribution < -0.4 is 0 Å². The molecule has 0 aliphatic rings. The van der Waals surface area contributed by atoms with Crippen LogP contribution in [0.5, 0.6) is 0 Å². The average Bonchev–Trinajstić information content (AvgIpc) is 2.48. The first-order valence-corrected chi connectivity index (χ1v) is 10.3. The molecule has 5 nitrogen and oxygen atoms in total. The molecule has 2 aromatic carbocycles. The van der Waals surface area contributed by atoms with Crippen molar-refractivity contribution in [1.29, 1.82) is 0 Å². The van der Waals surface area contributed by atoms with E-state index in [1.54, 1.807) is 36.4 Å². The van der Waals surface area contributed by atoms with Gasteiger partial charge in [-0.1, -0.05) is 0 Å². The number of hydrogen-bond acceptors (Lipinski definition) is 5. The first kappa shape index (κ1) is 16.4. The van der Waals surface area contributed by atoms with Crippen LogP contribution in [0.4, 0.5) is 0 Å². The van der Waals surface area contributed by atoms with E-state index in [0.717, 1.165) is 5.56 Å². The predicted molar refractivity (Wildman–Crippen MR) is 86.7 cm³/mol. The summed E-state index contributed by atoms with van der Waals surface area (Å²) >= 11 is -2.91. The van der Waals surface area contributed by atoms with Gasteiger partial charge in [-0.15, -0.1) is 0 Å². The van der Waals surface area contributed by atoms with Crippen LogP contribution in [0.3, 0.4) is 0 Å². The fraction of sp³-hybridized carbons (Fsp3) is 0.143. The van der Waals surface area contributed by atoms with Crippen molar-refractivity contribution in [3.8, 4) is 0 Å². The molecule has 2 aromatic rings. The van der Waals surface area contributed by atoms with E-state index in [1.165, 1.54) is 19.2 Å². The molecule has 2 rings (SSSR count). The molecule has 0 radical (unpaired) electrons. The number of rotatable bonds is 6. The maximum absolute atomic E-state index is 12.3. The average molecular weight is 422 g/mol. The van der Waals surface area contributed by atoms with Gasteiger partial charge in [0.1, 0.15) is 0 Å². The summed E-state index contributed by atoms with van der Waals surface area (Å²) in [5.74, 6) is 0. The Balaban J connectivity index is 2.25. The van der Waals surface area contributed by atoms with Crippen LogP contribution >= 0.6 is 20.6 Å². The van der Waals surface area contributed by atoms with Crippen LogP contribution in [0.25, 0.3) is 0 Å². The summed E-state index contributed by atoms with van der Waals surface area (Å²) in [6.45, 7) is 1.88. The van der Waals surface area contributed by atoms with Gasteiger partial charge in [-0.05, 0) is 0 Å². The molecule has 0 saturated carbocycles. The van der Waals surface area contributed by atoms with Crippen molar-refractivity contribution in [1.82, 2.24) is 0 Å². The van der Waals surface area contributed by atoms with Crippen molar-refractivity contribution < 1.29 is 19.0 Å². The zero-order valence-electron chi connectivity index (χ0n) is 11.5. The van der Waals surface area contributed by atoms with Crippen LogP contribution in [0.2, 0.25) is 0 Å². The Hall–Kier alpha value is -1.00. The molecule has 0 N–H and O–H groups in total. The molecule has 21 heavy (non-hydrogen) atoms. The predicted octanol–water partition coefficient (Wildman–Crippen LogP) is 3.48. The fourth-order valence-corrected chi connectivity index (χ4v) is 6.51. The summed E-state index contributed by atoms with van der Waals surface area (Å²) in [6, 6.07) is 15.4. The van der Waals surface area contributed by atoms with Crippen LogP contribution in [-0.2, 0) is 20.7 Å². The fourth-order valence-electron chi connectivity index (χ4n) is 1.47. The third kappa shape index (κ3) is 4.48. The standard InChI is InChI=1S/C14H15IO5S/c1-12-8-10-14(11-9-12)21(16,17)20-15(19-18-2)13-6-4-3-5-7-13/h3-11H,1-2H3. The number of aryl methyl sites for hydroxylation is 1. The van der Waals surface area contributed by atoms with E-state index in [1.807, 2.05) is 13.0 Å². The molecular weight excluding hydrogens is 407 g/mol. The van der Waals surface area contributed by atoms with Gasteiger partial charge in [-0.2, -0.15) is 0 Å². The van der Waals surface area contributed by atoms with Gasteiger partial charge in [0.05, 0.1) is 0 Å². The van der Waals surface area contributed by atoms with E-state index in [9.17, 15) is 8.42 Å². The first-order valence-electron chi connectivity index (χ1n) is 6.01. The summed E-state index contributed by atoms with van der Waals surface area (Å²) in [5.41, 5.74) is 0.973. The van der Waals surface area contributed by atoms with Gasteiger partial charge in [-0.25, -0.2) is 0 Å². The number of halogens is 1. The number of hydrogen-bond donors (Lipinski definition) is 0. The third-order valence-corrected chi connectivity index (χ3v) is 8.43. The zero-order chi connectivity index (χ0) is 15.3. The molecule has 0 spiro atoms. The van der Waals surface area contributed by atoms with E-state index >= 15 is 0 Å². The van der Waals surface area contributed by atoms with Crippen molar-refractivity contribution in [2.24, 2.45) is 0 Å². The van der Waals surface area contributed by atoms with Crippen LogP contribution in [0.15, 0.2) is 59.5 Å². The van der Waals surface area contributed by atoms with Gasteiger partial charge in [-0.3, -0.25) is 0 Å². The third-order valence-electron chi connectivity index (χ3n) is 2.48. The Morgan fingerprint density at radius 2 is 1.57 bits per heavy atom. The summed E-state index contributed by atoms with van der Waals surface area (Å²) in [4.78, 5) is 4.74. The van der Waals surface area contributed by atoms with E-state index in [4.69, 9.17) is 5.73 Å². The Bertz CT molecular complexity index is 670. The Morgan fingerprint density at radius 1 is 0.952 bits per heavy atom. The Labute approximate surface area is 132 Å². The molecule has 114 valence electrons. The van der Waals surface area contributed by atoms with Crippen LogP contribution in [0.1, 0.15) is 5.56 Å². The molecular formula is C14H15IO5S. The molecule has 0 fully saturated rings. The second kappa shape index (κ2) is 7.32. The zero-order valence-corrected chi connectivity index (χ0v) is 14.5. The van der Waals surface area contributed by atoms with E-state index in [-0.39, 0.29) is 4.90 Å². The molecule has 0 saturated heterocycles. The van der Waals surface area contributed by atoms with E-state index in [2.05, 4.69) is 4.89 Å². The number of benzene rings is 2. The second-order valence-electron chi connectivity index (χ2n) is 4.07. The van der Waals surface area contributed by atoms with Gasteiger partial charge in [0.25, 0.3) is 0 Å². The van der Waals surface area contributed by atoms with Crippen LogP contribution in [-0.4, -0.2) is 15.5 Å². The topological polar surface area (TPSA) is 61.8 Å². The van der Waals surface area contributed by atoms with Crippen molar-refractivity contribution in [2.75, 3.05) is 7.11 Å². The Kier molecular flexibility index (Phi) is 5.71. The van der Waals surface area contributed by atoms with E-state index < -0.39 is 30.8 Å². The summed E-state index contributed by atoms with van der Waals surface area (Å²) in [6.07, 6.45) is 0. The maximum atomic E-state index is 12.3. The monoisotopic (exact) mass is 422 g/mol. The molecule has 0 heterocycles. The molecule has 0 aliphatic heterocycles. The van der Waals surface area contributed by atoms with Crippen LogP contribution in [0, 0.1) is 10.5 Å². The Morgan fingerprint density at radius 3 is 2.14 bits per heavy atom. The van der Waals surface area contributed by atoms with Gasteiger partial charge in [0.15, 0.2) is 0 Å². The van der Waals surface area contributed by atoms with Gasteiger partial charge >= 0.3 is 132 Å². The summed E-state index contributed by atoms with van der Waals surface area (Å²) < 4.78 is 35.6. The molecule has 0 bridgehead atoms. The van der Waals surface area contributed by atoms with Gasteiger partial charge < -0.3 is 0 Å². The minimum atomic E-state index is -3.88. The van der Waals surface area contributed by atoms with E-state index in [0.29, 0.717) is 3.57 Å². The molecule has 7 heteroatoms.